The fraction of sp³-hybridized carbons (Fsp3) is 0.143. The minimum atomic E-state index is -3.62. The summed E-state index contributed by atoms with van der Waals surface area (Å²) in [5.41, 5.74) is 7.26. The molecule has 4 nitrogen and oxygen atoms in total. The third kappa shape index (κ3) is 4.35. The summed E-state index contributed by atoms with van der Waals surface area (Å²) >= 11 is 11.9. The van der Waals surface area contributed by atoms with E-state index in [-0.39, 0.29) is 21.5 Å². The Bertz CT molecular complexity index is 728. The lowest BCUT2D eigenvalue weighted by molar-refractivity contribution is 0.600. The van der Waals surface area contributed by atoms with Crippen molar-refractivity contribution in [2.24, 2.45) is 5.73 Å². The first-order valence-electron chi connectivity index (χ1n) is 6.13. The molecule has 2 aromatic carbocycles. The van der Waals surface area contributed by atoms with Crippen LogP contribution in [0.1, 0.15) is 11.1 Å². The first-order valence-corrected chi connectivity index (χ1v) is 8.54. The van der Waals surface area contributed by atoms with Gasteiger partial charge in [-0.1, -0.05) is 53.5 Å². The van der Waals surface area contributed by atoms with Crippen molar-refractivity contribution in [3.63, 3.8) is 0 Å². The third-order valence-electron chi connectivity index (χ3n) is 2.80. The highest BCUT2D eigenvalue weighted by molar-refractivity contribution is 7.91. The van der Waals surface area contributed by atoms with Gasteiger partial charge >= 0.3 is 0 Å². The molecule has 0 fully saturated rings. The molecule has 2 rings (SSSR count). The Labute approximate surface area is 133 Å². The Balaban J connectivity index is 2.23. The van der Waals surface area contributed by atoms with Crippen LogP contribution in [0.2, 0.25) is 10.0 Å². The van der Waals surface area contributed by atoms with E-state index in [0.717, 1.165) is 5.56 Å². The molecule has 0 radical (unpaired) electrons. The predicted molar refractivity (Wildman–Crippen MR) is 87.0 cm³/mol. The molecule has 0 spiro atoms. The summed E-state index contributed by atoms with van der Waals surface area (Å²) in [5.74, 6) is -0.178. The smallest absolute Gasteiger partial charge is 0.237 e. The van der Waals surface area contributed by atoms with Gasteiger partial charge in [-0.15, -0.1) is 0 Å². The maximum Gasteiger partial charge on any atom is 0.237 e. The topological polar surface area (TPSA) is 72.2 Å². The van der Waals surface area contributed by atoms with Crippen molar-refractivity contribution < 1.29 is 8.42 Å². The quantitative estimate of drug-likeness (QED) is 0.872. The lowest BCUT2D eigenvalue weighted by atomic mass is 10.1. The molecule has 0 bridgehead atoms. The van der Waals surface area contributed by atoms with Gasteiger partial charge in [-0.3, -0.25) is 4.72 Å². The van der Waals surface area contributed by atoms with Gasteiger partial charge in [0.05, 0.1) is 21.5 Å². The zero-order chi connectivity index (χ0) is 15.5. The molecule has 0 aliphatic rings. The van der Waals surface area contributed by atoms with E-state index in [9.17, 15) is 8.42 Å². The highest BCUT2D eigenvalue weighted by Gasteiger charge is 2.16. The molecule has 3 N–H and O–H groups in total. The maximum atomic E-state index is 12.2. The fourth-order valence-corrected chi connectivity index (χ4v) is 3.68. The van der Waals surface area contributed by atoms with Gasteiger partial charge < -0.3 is 5.73 Å². The number of rotatable bonds is 5. The average molecular weight is 345 g/mol. The van der Waals surface area contributed by atoms with E-state index in [0.29, 0.717) is 12.1 Å². The van der Waals surface area contributed by atoms with Crippen LogP contribution >= 0.6 is 23.2 Å². The van der Waals surface area contributed by atoms with Crippen LogP contribution in [-0.4, -0.2) is 8.42 Å². The van der Waals surface area contributed by atoms with E-state index in [4.69, 9.17) is 28.9 Å². The Morgan fingerprint density at radius 2 is 1.57 bits per heavy atom. The van der Waals surface area contributed by atoms with Gasteiger partial charge in [-0.05, 0) is 23.3 Å². The molecule has 0 atom stereocenters. The van der Waals surface area contributed by atoms with Crippen molar-refractivity contribution >= 4 is 38.9 Å². The number of halogens is 2. The molecule has 0 heterocycles. The number of sulfonamides is 1. The Morgan fingerprint density at radius 1 is 1.00 bits per heavy atom. The minimum absolute atomic E-state index is 0.178. The molecule has 0 amide bonds. The molecule has 0 aliphatic carbocycles. The van der Waals surface area contributed by atoms with Crippen LogP contribution in [0.25, 0.3) is 0 Å². The van der Waals surface area contributed by atoms with E-state index in [2.05, 4.69) is 4.72 Å². The van der Waals surface area contributed by atoms with Gasteiger partial charge in [0.15, 0.2) is 0 Å². The van der Waals surface area contributed by atoms with E-state index in [1.165, 1.54) is 0 Å². The number of nitrogens with one attached hydrogen (secondary N) is 1. The fourth-order valence-electron chi connectivity index (χ4n) is 1.85. The summed E-state index contributed by atoms with van der Waals surface area (Å²) in [4.78, 5) is 0. The van der Waals surface area contributed by atoms with Crippen LogP contribution in [0, 0.1) is 0 Å². The zero-order valence-electron chi connectivity index (χ0n) is 11.0. The number of benzene rings is 2. The van der Waals surface area contributed by atoms with E-state index >= 15 is 0 Å². The van der Waals surface area contributed by atoms with Crippen LogP contribution in [-0.2, 0) is 22.3 Å². The Kier molecular flexibility index (Phi) is 5.11. The summed E-state index contributed by atoms with van der Waals surface area (Å²) < 4.78 is 26.8. The van der Waals surface area contributed by atoms with Crippen LogP contribution in [0.15, 0.2) is 42.5 Å². The molecular weight excluding hydrogens is 331 g/mol. The lowest BCUT2D eigenvalue weighted by Crippen LogP contribution is -2.16. The lowest BCUT2D eigenvalue weighted by Gasteiger charge is -2.11. The number of hydrogen-bond donors (Lipinski definition) is 2. The standard InChI is InChI=1S/C14H14Cl2N2O2S/c15-12-5-2-6-13(16)14(12)18-21(19,20)9-11-4-1-3-10(7-11)8-17/h1-7,18H,8-9,17H2. The van der Waals surface area contributed by atoms with Crippen molar-refractivity contribution in [2.45, 2.75) is 12.3 Å². The van der Waals surface area contributed by atoms with E-state index < -0.39 is 10.0 Å². The Morgan fingerprint density at radius 3 is 2.19 bits per heavy atom. The summed E-state index contributed by atoms with van der Waals surface area (Å²) in [5, 5.41) is 0.503. The van der Waals surface area contributed by atoms with Crippen LogP contribution in [0.4, 0.5) is 5.69 Å². The highest BCUT2D eigenvalue weighted by Crippen LogP contribution is 2.31. The maximum absolute atomic E-state index is 12.2. The van der Waals surface area contributed by atoms with Gasteiger partial charge in [0.25, 0.3) is 0 Å². The minimum Gasteiger partial charge on any atom is -0.326 e. The molecule has 112 valence electrons. The predicted octanol–water partition coefficient (Wildman–Crippen LogP) is 3.39. The molecule has 7 heteroatoms. The normalized spacial score (nSPS) is 11.4. The van der Waals surface area contributed by atoms with Gasteiger partial charge in [0, 0.05) is 6.54 Å². The monoisotopic (exact) mass is 344 g/mol. The third-order valence-corrected chi connectivity index (χ3v) is 4.66. The SMILES string of the molecule is NCc1cccc(CS(=O)(=O)Nc2c(Cl)cccc2Cl)c1. The largest absolute Gasteiger partial charge is 0.326 e. The van der Waals surface area contributed by atoms with Crippen LogP contribution in [0.3, 0.4) is 0 Å². The molecule has 0 aromatic heterocycles. The second-order valence-corrected chi connectivity index (χ2v) is 7.02. The number of hydrogen-bond acceptors (Lipinski definition) is 3. The van der Waals surface area contributed by atoms with Crippen molar-refractivity contribution in [3.05, 3.63) is 63.6 Å². The Hall–Kier alpha value is -1.27. The van der Waals surface area contributed by atoms with Crippen molar-refractivity contribution in [3.8, 4) is 0 Å². The summed E-state index contributed by atoms with van der Waals surface area (Å²) in [6, 6.07) is 11.9. The van der Waals surface area contributed by atoms with Crippen molar-refractivity contribution in [1.82, 2.24) is 0 Å². The van der Waals surface area contributed by atoms with Crippen molar-refractivity contribution in [2.75, 3.05) is 4.72 Å². The van der Waals surface area contributed by atoms with Gasteiger partial charge in [0.2, 0.25) is 10.0 Å². The molecule has 0 saturated heterocycles. The first-order chi connectivity index (χ1) is 9.91. The van der Waals surface area contributed by atoms with Gasteiger partial charge in [-0.2, -0.15) is 0 Å². The second-order valence-electron chi connectivity index (χ2n) is 4.48. The summed E-state index contributed by atoms with van der Waals surface area (Å²) in [7, 11) is -3.62. The first kappa shape index (κ1) is 16.1. The second kappa shape index (κ2) is 6.66. The van der Waals surface area contributed by atoms with Crippen LogP contribution < -0.4 is 10.5 Å². The molecular formula is C14H14Cl2N2O2S. The molecule has 0 unspecified atom stereocenters. The van der Waals surface area contributed by atoms with Gasteiger partial charge in [0.1, 0.15) is 0 Å². The number of para-hydroxylation sites is 1. The highest BCUT2D eigenvalue weighted by atomic mass is 35.5. The van der Waals surface area contributed by atoms with E-state index in [1.54, 1.807) is 36.4 Å². The van der Waals surface area contributed by atoms with Crippen LogP contribution in [0.5, 0.6) is 0 Å². The molecule has 0 saturated carbocycles. The van der Waals surface area contributed by atoms with Gasteiger partial charge in [-0.25, -0.2) is 8.42 Å². The number of nitrogens with two attached hydrogens (primary N) is 1. The zero-order valence-corrected chi connectivity index (χ0v) is 13.3. The molecule has 21 heavy (non-hydrogen) atoms. The van der Waals surface area contributed by atoms with Crippen molar-refractivity contribution in [1.29, 1.82) is 0 Å². The average Bonchev–Trinajstić information content (AvgIpc) is 2.43. The summed E-state index contributed by atoms with van der Waals surface area (Å²) in [6.45, 7) is 0.359. The molecule has 2 aromatic rings. The summed E-state index contributed by atoms with van der Waals surface area (Å²) in [6.07, 6.45) is 0. The molecule has 0 aliphatic heterocycles. The van der Waals surface area contributed by atoms with E-state index in [1.807, 2.05) is 6.07 Å². The number of anilines is 1.